The molecule has 12 heteroatoms. The van der Waals surface area contributed by atoms with Crippen molar-refractivity contribution in [1.82, 2.24) is 26.1 Å². The monoisotopic (exact) mass is 521 g/mol. The maximum absolute atomic E-state index is 12.5. The molecule has 0 spiro atoms. The van der Waals surface area contributed by atoms with Crippen LogP contribution in [0.4, 0.5) is 0 Å². The first kappa shape index (κ1) is 29.2. The van der Waals surface area contributed by atoms with Crippen LogP contribution < -0.4 is 16.1 Å². The molecule has 198 valence electrons. The smallest absolute Gasteiger partial charge is 0.335 e. The Balaban J connectivity index is 1.76. The average Bonchev–Trinajstić information content (AvgIpc) is 2.86. The van der Waals surface area contributed by atoms with Gasteiger partial charge in [-0.25, -0.2) is 23.2 Å². The number of carbonyl (C=O) groups is 3. The van der Waals surface area contributed by atoms with Gasteiger partial charge in [0, 0.05) is 37.5 Å². The van der Waals surface area contributed by atoms with Crippen LogP contribution in [-0.4, -0.2) is 61.6 Å². The molecular formula is C24H35N5O6S. The normalized spacial score (nSPS) is 15.6. The van der Waals surface area contributed by atoms with Gasteiger partial charge in [0.15, 0.2) is 0 Å². The minimum Gasteiger partial charge on any atom is -0.353 e. The van der Waals surface area contributed by atoms with Gasteiger partial charge in [-0.3, -0.25) is 9.59 Å². The van der Waals surface area contributed by atoms with Gasteiger partial charge in [0.2, 0.25) is 20.9 Å². The van der Waals surface area contributed by atoms with Crippen LogP contribution in [0.25, 0.3) is 0 Å². The molecule has 1 aliphatic heterocycles. The number of aromatic nitrogens is 2. The maximum Gasteiger partial charge on any atom is 0.335 e. The molecule has 1 aliphatic rings. The lowest BCUT2D eigenvalue weighted by Crippen LogP contribution is -2.46. The number of hydroxylamine groups is 1. The standard InChI is InChI=1S/C24H35N5O6S/c1-4-8-20(17(2)22(31)29-35-23(32)19-11-13-25-14-12-19)28-21(30)10-7-5-6-9-18-15-26-24(27-16-18)36(3,33)34/h15-17,19-20,25H,4-5,7-8,10-14H2,1-3H3,(H,28,30)(H,29,31). The predicted molar refractivity (Wildman–Crippen MR) is 132 cm³/mol. The third-order valence-electron chi connectivity index (χ3n) is 5.79. The number of piperidine rings is 1. The second-order valence-electron chi connectivity index (χ2n) is 8.84. The lowest BCUT2D eigenvalue weighted by Gasteiger charge is -2.25. The van der Waals surface area contributed by atoms with Crippen molar-refractivity contribution in [3.05, 3.63) is 18.0 Å². The quantitative estimate of drug-likeness (QED) is 0.176. The van der Waals surface area contributed by atoms with Crippen molar-refractivity contribution in [1.29, 1.82) is 0 Å². The van der Waals surface area contributed by atoms with Crippen LogP contribution in [-0.2, 0) is 29.1 Å². The molecule has 0 bridgehead atoms. The molecule has 0 aromatic carbocycles. The van der Waals surface area contributed by atoms with Crippen LogP contribution in [0.3, 0.4) is 0 Å². The van der Waals surface area contributed by atoms with Gasteiger partial charge in [-0.2, -0.15) is 5.48 Å². The van der Waals surface area contributed by atoms with Crippen LogP contribution in [0.5, 0.6) is 0 Å². The molecule has 2 rings (SSSR count). The maximum atomic E-state index is 12.5. The number of sulfone groups is 1. The first-order valence-electron chi connectivity index (χ1n) is 12.1. The van der Waals surface area contributed by atoms with E-state index in [1.54, 1.807) is 6.92 Å². The fourth-order valence-electron chi connectivity index (χ4n) is 3.63. The molecule has 1 aromatic heterocycles. The summed E-state index contributed by atoms with van der Waals surface area (Å²) in [7, 11) is -3.46. The molecule has 1 aromatic rings. The highest BCUT2D eigenvalue weighted by Crippen LogP contribution is 2.14. The van der Waals surface area contributed by atoms with Crippen LogP contribution in [0, 0.1) is 23.7 Å². The van der Waals surface area contributed by atoms with E-state index in [1.165, 1.54) is 12.4 Å². The molecule has 3 N–H and O–H groups in total. The minimum atomic E-state index is -3.46. The van der Waals surface area contributed by atoms with E-state index in [0.29, 0.717) is 37.7 Å². The number of unbranched alkanes of at least 4 members (excludes halogenated alkanes) is 1. The summed E-state index contributed by atoms with van der Waals surface area (Å²) in [4.78, 5) is 49.7. The summed E-state index contributed by atoms with van der Waals surface area (Å²) >= 11 is 0. The number of rotatable bonds is 10. The number of amides is 2. The van der Waals surface area contributed by atoms with Gasteiger partial charge in [0.25, 0.3) is 5.91 Å². The first-order chi connectivity index (χ1) is 17.1. The van der Waals surface area contributed by atoms with Crippen LogP contribution in [0.2, 0.25) is 0 Å². The van der Waals surface area contributed by atoms with Gasteiger partial charge in [0.1, 0.15) is 0 Å². The van der Waals surface area contributed by atoms with E-state index in [9.17, 15) is 22.8 Å². The lowest BCUT2D eigenvalue weighted by atomic mass is 9.96. The van der Waals surface area contributed by atoms with Gasteiger partial charge < -0.3 is 15.5 Å². The van der Waals surface area contributed by atoms with Crippen molar-refractivity contribution < 1.29 is 27.6 Å². The summed E-state index contributed by atoms with van der Waals surface area (Å²) in [5.41, 5.74) is 2.74. The molecule has 2 amide bonds. The van der Waals surface area contributed by atoms with Crippen LogP contribution in [0.15, 0.2) is 17.6 Å². The number of hydrogen-bond donors (Lipinski definition) is 3. The zero-order chi connectivity index (χ0) is 26.6. The SMILES string of the molecule is CCCC(NC(=O)CCCC#Cc1cnc(S(C)(=O)=O)nc1)C(C)C(=O)NOC(=O)C1CCNCC1. The molecule has 2 unspecified atom stereocenters. The molecule has 2 heterocycles. The Bertz CT molecular complexity index is 1060. The summed E-state index contributed by atoms with van der Waals surface area (Å²) in [5, 5.41) is 5.82. The zero-order valence-corrected chi connectivity index (χ0v) is 21.8. The topological polar surface area (TPSA) is 156 Å². The summed E-state index contributed by atoms with van der Waals surface area (Å²) < 4.78 is 22.8. The fraction of sp³-hybridized carbons (Fsp3) is 0.625. The Morgan fingerprint density at radius 1 is 1.22 bits per heavy atom. The zero-order valence-electron chi connectivity index (χ0n) is 21.0. The van der Waals surface area contributed by atoms with E-state index in [2.05, 4.69) is 37.9 Å². The van der Waals surface area contributed by atoms with Gasteiger partial charge in [-0.1, -0.05) is 32.1 Å². The molecule has 0 radical (unpaired) electrons. The summed E-state index contributed by atoms with van der Waals surface area (Å²) in [6, 6.07) is -0.392. The lowest BCUT2D eigenvalue weighted by molar-refractivity contribution is -0.164. The summed E-state index contributed by atoms with van der Waals surface area (Å²) in [6.45, 7) is 5.14. The predicted octanol–water partition coefficient (Wildman–Crippen LogP) is 0.897. The summed E-state index contributed by atoms with van der Waals surface area (Å²) in [6.07, 6.45) is 7.62. The first-order valence-corrected chi connectivity index (χ1v) is 14.0. The minimum absolute atomic E-state index is 0.192. The molecule has 0 aliphatic carbocycles. The third-order valence-corrected chi connectivity index (χ3v) is 6.66. The highest BCUT2D eigenvalue weighted by molar-refractivity contribution is 7.90. The molecule has 36 heavy (non-hydrogen) atoms. The van der Waals surface area contributed by atoms with Crippen molar-refractivity contribution in [2.24, 2.45) is 11.8 Å². The van der Waals surface area contributed by atoms with E-state index < -0.39 is 33.7 Å². The Kier molecular flexibility index (Phi) is 11.8. The van der Waals surface area contributed by atoms with E-state index in [1.807, 2.05) is 6.92 Å². The Labute approximate surface area is 212 Å². The largest absolute Gasteiger partial charge is 0.353 e. The highest BCUT2D eigenvalue weighted by Gasteiger charge is 2.28. The molecule has 0 saturated carbocycles. The van der Waals surface area contributed by atoms with Crippen LogP contribution >= 0.6 is 0 Å². The summed E-state index contributed by atoms with van der Waals surface area (Å²) in [5.74, 6) is 3.86. The molecule has 1 fully saturated rings. The van der Waals surface area contributed by atoms with Crippen molar-refractivity contribution in [3.8, 4) is 11.8 Å². The number of nitrogens with one attached hydrogen (secondary N) is 3. The third kappa shape index (κ3) is 9.91. The van der Waals surface area contributed by atoms with E-state index in [-0.39, 0.29) is 23.4 Å². The molecular weight excluding hydrogens is 486 g/mol. The molecule has 1 saturated heterocycles. The second kappa shape index (κ2) is 14.5. The van der Waals surface area contributed by atoms with Gasteiger partial charge >= 0.3 is 5.97 Å². The van der Waals surface area contributed by atoms with E-state index >= 15 is 0 Å². The second-order valence-corrected chi connectivity index (χ2v) is 10.8. The van der Waals surface area contributed by atoms with Gasteiger partial charge in [-0.15, -0.1) is 0 Å². The molecule has 11 nitrogen and oxygen atoms in total. The average molecular weight is 522 g/mol. The number of hydrogen-bond acceptors (Lipinski definition) is 9. The van der Waals surface area contributed by atoms with E-state index in [4.69, 9.17) is 4.84 Å². The van der Waals surface area contributed by atoms with Crippen molar-refractivity contribution >= 4 is 27.6 Å². The van der Waals surface area contributed by atoms with Crippen molar-refractivity contribution in [2.75, 3.05) is 19.3 Å². The van der Waals surface area contributed by atoms with Crippen LogP contribution in [0.1, 0.15) is 64.4 Å². The fourth-order valence-corrected chi connectivity index (χ4v) is 4.12. The Morgan fingerprint density at radius 3 is 2.50 bits per heavy atom. The Morgan fingerprint density at radius 2 is 1.89 bits per heavy atom. The van der Waals surface area contributed by atoms with Crippen molar-refractivity contribution in [2.45, 2.75) is 70.0 Å². The number of carbonyl (C=O) groups excluding carboxylic acids is 3. The molecule has 2 atom stereocenters. The highest BCUT2D eigenvalue weighted by atomic mass is 32.2. The van der Waals surface area contributed by atoms with Crippen molar-refractivity contribution in [3.63, 3.8) is 0 Å². The van der Waals surface area contributed by atoms with E-state index in [0.717, 1.165) is 25.8 Å². The number of nitrogens with zero attached hydrogens (tertiary/aromatic N) is 2. The van der Waals surface area contributed by atoms with Gasteiger partial charge in [0.05, 0.1) is 17.4 Å². The van der Waals surface area contributed by atoms with Gasteiger partial charge in [-0.05, 0) is 38.8 Å². The Hall–Kier alpha value is -3.04.